The molecule has 0 aromatic rings. The van der Waals surface area contributed by atoms with E-state index in [-0.39, 0.29) is 59.1 Å². The summed E-state index contributed by atoms with van der Waals surface area (Å²) in [5.74, 6) is -4.08. The molecule has 0 heterocycles. The topological polar surface area (TPSA) is 135 Å². The molecule has 0 aromatic carbocycles. The van der Waals surface area contributed by atoms with Crippen molar-refractivity contribution in [1.82, 2.24) is 0 Å². The number of unbranched alkanes of at least 4 members (excludes halogenated alkanes) is 9. The van der Waals surface area contributed by atoms with Crippen LogP contribution in [0.3, 0.4) is 0 Å². The van der Waals surface area contributed by atoms with Crippen molar-refractivity contribution in [3.05, 3.63) is 0 Å². The minimum atomic E-state index is -4.94. The van der Waals surface area contributed by atoms with Crippen LogP contribution in [0.4, 0.5) is 0 Å². The molecule has 0 saturated heterocycles. The summed E-state index contributed by atoms with van der Waals surface area (Å²) in [6.45, 7) is 4.56. The summed E-state index contributed by atoms with van der Waals surface area (Å²) in [6, 6.07) is 0. The molecule has 26 heavy (non-hydrogen) atoms. The molecule has 0 aromatic heterocycles. The predicted octanol–water partition coefficient (Wildman–Crippen LogP) is -4.93. The van der Waals surface area contributed by atoms with E-state index < -0.39 is 33.7 Å². The van der Waals surface area contributed by atoms with Gasteiger partial charge in [0.15, 0.2) is 0 Å². The zero-order valence-corrected chi connectivity index (χ0v) is 21.5. The summed E-state index contributed by atoms with van der Waals surface area (Å²) in [5.41, 5.74) is 0. The predicted molar refractivity (Wildman–Crippen MR) is 87.5 cm³/mol. The Morgan fingerprint density at radius 1 is 0.808 bits per heavy atom. The Kier molecular flexibility index (Phi) is 29.3. The minimum Gasteiger partial charge on any atom is -0.550 e. The van der Waals surface area contributed by atoms with Crippen LogP contribution in [0.15, 0.2) is 0 Å². The molecule has 1 N–H and O–H groups in total. The largest absolute Gasteiger partial charge is 1.00 e. The molecule has 0 aliphatic heterocycles. The Balaban J connectivity index is -0.000000173. The average Bonchev–Trinajstić information content (AvgIpc) is 2.47. The normalized spacial score (nSPS) is 11.2. The van der Waals surface area contributed by atoms with E-state index in [0.717, 1.165) is 0 Å². The van der Waals surface area contributed by atoms with E-state index in [1.807, 2.05) is 0 Å². The van der Waals surface area contributed by atoms with Crippen molar-refractivity contribution in [3.8, 4) is 0 Å². The Bertz CT molecular complexity index is 432. The summed E-state index contributed by atoms with van der Waals surface area (Å²) in [4.78, 5) is 19.7. The summed E-state index contributed by atoms with van der Waals surface area (Å²) in [7, 11) is -4.94. The number of hydrogen-bond acceptors (Lipinski definition) is 6. The van der Waals surface area contributed by atoms with E-state index >= 15 is 0 Å². The van der Waals surface area contributed by atoms with Crippen molar-refractivity contribution < 1.29 is 91.9 Å². The molecule has 0 radical (unpaired) electrons. The van der Waals surface area contributed by atoms with Crippen LogP contribution in [0.5, 0.6) is 0 Å². The van der Waals surface area contributed by atoms with Gasteiger partial charge in [-0.3, -0.25) is 4.55 Å². The van der Waals surface area contributed by atoms with Crippen molar-refractivity contribution in [1.29, 1.82) is 0 Å². The van der Waals surface area contributed by atoms with Gasteiger partial charge in [0.05, 0.1) is 5.97 Å². The molecule has 0 spiro atoms. The van der Waals surface area contributed by atoms with Crippen molar-refractivity contribution in [3.63, 3.8) is 0 Å². The van der Waals surface area contributed by atoms with Crippen LogP contribution in [0.2, 0.25) is 0 Å². The first-order chi connectivity index (χ1) is 11.2. The van der Waals surface area contributed by atoms with Crippen molar-refractivity contribution >= 4 is 22.1 Å². The number of hydrogen-bond donors (Lipinski definition) is 1. The molecule has 0 aliphatic rings. The molecule has 7 nitrogen and oxygen atoms in total. The van der Waals surface area contributed by atoms with Crippen molar-refractivity contribution in [2.45, 2.75) is 89.7 Å². The molecule has 0 amide bonds. The number of aliphatic carboxylic acids is 2. The van der Waals surface area contributed by atoms with Gasteiger partial charge in [0.25, 0.3) is 10.1 Å². The Morgan fingerprint density at radius 3 is 1.27 bits per heavy atom. The van der Waals surface area contributed by atoms with Gasteiger partial charge in [0, 0.05) is 12.4 Å². The number of carbonyl (C=O) groups is 2. The third kappa shape index (κ3) is 24.8. The van der Waals surface area contributed by atoms with Gasteiger partial charge in [-0.25, -0.2) is 0 Å². The third-order valence-electron chi connectivity index (χ3n) is 3.43. The maximum atomic E-state index is 10.2. The van der Waals surface area contributed by atoms with Gasteiger partial charge in [-0.2, -0.15) is 8.42 Å². The van der Waals surface area contributed by atoms with E-state index in [1.165, 1.54) is 64.2 Å². The molecule has 0 saturated carbocycles. The number of carbonyl (C=O) groups excluding carboxylic acids is 2. The maximum absolute atomic E-state index is 10.2. The summed E-state index contributed by atoms with van der Waals surface area (Å²) >= 11 is 0. The van der Waals surface area contributed by atoms with Crippen LogP contribution in [0.25, 0.3) is 0 Å². The number of rotatable bonds is 13. The van der Waals surface area contributed by atoms with Gasteiger partial charge in [-0.05, 0) is 0 Å². The molecule has 1 atom stereocenters. The Hall–Kier alpha value is 0.850. The van der Waals surface area contributed by atoms with E-state index in [9.17, 15) is 28.2 Å². The molecule has 1 unspecified atom stereocenters. The van der Waals surface area contributed by atoms with E-state index in [0.29, 0.717) is 0 Å². The minimum absolute atomic E-state index is 0. The third-order valence-corrected chi connectivity index (χ3v) is 4.51. The first-order valence-electron chi connectivity index (χ1n) is 8.53. The van der Waals surface area contributed by atoms with Crippen LogP contribution >= 0.6 is 0 Å². The monoisotopic (exact) mass is 412 g/mol. The SMILES string of the molecule is CCCCCCCCCCCC.O=C([O-])CC(C(=O)[O-])S(=O)(=O)O.[Na+].[Na+]. The van der Waals surface area contributed by atoms with Crippen LogP contribution in [-0.2, 0) is 19.7 Å². The molecular weight excluding hydrogens is 382 g/mol. The molecule has 0 aliphatic carbocycles. The molecular formula is C16H30Na2O7S. The first kappa shape index (κ1) is 34.4. The summed E-state index contributed by atoms with van der Waals surface area (Å²) < 4.78 is 28.5. The van der Waals surface area contributed by atoms with Crippen molar-refractivity contribution in [2.75, 3.05) is 0 Å². The second kappa shape index (κ2) is 22.1. The fourth-order valence-electron chi connectivity index (χ4n) is 2.02. The number of carboxylic acids is 2. The standard InChI is InChI=1S/C12H26.C4H6O7S.2Na/c1-3-5-7-9-11-12-10-8-6-4-2;5-3(6)1-2(4(7)8)12(9,10)11;;/h3-12H2,1-2H3;2H,1H2,(H,5,6)(H,7,8)(H,9,10,11);;/q;;2*+1/p-2. The average molecular weight is 412 g/mol. The van der Waals surface area contributed by atoms with E-state index in [1.54, 1.807) is 0 Å². The summed E-state index contributed by atoms with van der Waals surface area (Å²) in [5, 5.41) is 17.3. The van der Waals surface area contributed by atoms with Gasteiger partial charge in [-0.15, -0.1) is 0 Å². The molecule has 0 fully saturated rings. The fraction of sp³-hybridized carbons (Fsp3) is 0.875. The summed E-state index contributed by atoms with van der Waals surface area (Å²) in [6.07, 6.45) is 13.1. The van der Waals surface area contributed by atoms with Crippen LogP contribution in [0.1, 0.15) is 84.5 Å². The van der Waals surface area contributed by atoms with Gasteiger partial charge in [0.1, 0.15) is 5.25 Å². The smallest absolute Gasteiger partial charge is 0.550 e. The second-order valence-electron chi connectivity index (χ2n) is 5.73. The molecule has 0 bridgehead atoms. The number of carboxylic acid groups (broad SMARTS) is 2. The van der Waals surface area contributed by atoms with Gasteiger partial charge >= 0.3 is 59.1 Å². The van der Waals surface area contributed by atoms with Gasteiger partial charge < -0.3 is 19.8 Å². The van der Waals surface area contributed by atoms with Gasteiger partial charge in [-0.1, -0.05) is 78.1 Å². The van der Waals surface area contributed by atoms with E-state index in [2.05, 4.69) is 13.8 Å². The quantitative estimate of drug-likeness (QED) is 0.182. The Labute approximate surface area is 202 Å². The molecule has 144 valence electrons. The van der Waals surface area contributed by atoms with Crippen molar-refractivity contribution in [2.24, 2.45) is 0 Å². The van der Waals surface area contributed by atoms with Gasteiger partial charge in [0.2, 0.25) is 0 Å². The van der Waals surface area contributed by atoms with E-state index in [4.69, 9.17) is 4.55 Å². The molecule has 10 heteroatoms. The van der Waals surface area contributed by atoms with Crippen LogP contribution < -0.4 is 69.3 Å². The zero-order valence-electron chi connectivity index (χ0n) is 16.7. The first-order valence-corrected chi connectivity index (χ1v) is 10.0. The van der Waals surface area contributed by atoms with Crippen LogP contribution in [0, 0.1) is 0 Å². The fourth-order valence-corrected chi connectivity index (χ4v) is 2.61. The maximum Gasteiger partial charge on any atom is 1.00 e. The Morgan fingerprint density at radius 2 is 1.12 bits per heavy atom. The second-order valence-corrected chi connectivity index (χ2v) is 7.33. The molecule has 0 rings (SSSR count). The van der Waals surface area contributed by atoms with Crippen LogP contribution in [-0.4, -0.2) is 30.2 Å². The zero-order chi connectivity index (χ0) is 19.0.